The van der Waals surface area contributed by atoms with Crippen molar-refractivity contribution in [3.63, 3.8) is 0 Å². The van der Waals surface area contributed by atoms with Gasteiger partial charge in [-0.3, -0.25) is 0 Å². The highest BCUT2D eigenvalue weighted by atomic mass is 32.1. The number of carbonyl (C=O) groups excluding carboxylic acids is 1. The molecule has 0 atom stereocenters. The smallest absolute Gasteiger partial charge is 0.465 e. The molecule has 1 saturated carbocycles. The molecule has 0 unspecified atom stereocenters. The Balaban J connectivity index is 1.15. The minimum atomic E-state index is -4.83. The maximum absolute atomic E-state index is 14.6. The van der Waals surface area contributed by atoms with Crippen LogP contribution in [0.1, 0.15) is 53.3 Å². The molecule has 8 nitrogen and oxygen atoms in total. The van der Waals surface area contributed by atoms with Gasteiger partial charge in [0.05, 0.1) is 17.4 Å². The Morgan fingerprint density at radius 3 is 2.63 bits per heavy atom. The number of nitrogens with zero attached hydrogens (tertiary/aromatic N) is 3. The summed E-state index contributed by atoms with van der Waals surface area (Å²) >= 11 is 1.32. The molecule has 2 aromatic heterocycles. The van der Waals surface area contributed by atoms with E-state index in [2.05, 4.69) is 25.1 Å². The Morgan fingerprint density at radius 1 is 1.17 bits per heavy atom. The molecular formula is C28H26F4N4O4S. The normalized spacial score (nSPS) is 16.4. The van der Waals surface area contributed by atoms with Crippen molar-refractivity contribution in [1.29, 1.82) is 0 Å². The van der Waals surface area contributed by atoms with Crippen molar-refractivity contribution in [2.45, 2.75) is 50.6 Å². The second-order valence-corrected chi connectivity index (χ2v) is 11.1. The lowest BCUT2D eigenvalue weighted by Gasteiger charge is -2.32. The quantitative estimate of drug-likeness (QED) is 0.186. The van der Waals surface area contributed by atoms with Crippen LogP contribution in [-0.2, 0) is 11.3 Å². The summed E-state index contributed by atoms with van der Waals surface area (Å²) in [5, 5.41) is 8.39. The summed E-state index contributed by atoms with van der Waals surface area (Å²) in [5.74, 6) is -0.583. The van der Waals surface area contributed by atoms with Crippen LogP contribution in [0.2, 0.25) is 0 Å². The lowest BCUT2D eigenvalue weighted by Crippen LogP contribution is -2.42. The molecule has 13 heteroatoms. The third kappa shape index (κ3) is 5.87. The molecule has 4 aromatic rings. The maximum Gasteiger partial charge on any atom is 0.573 e. The number of fused-ring (bicyclic) bond motifs is 1. The van der Waals surface area contributed by atoms with Crippen molar-refractivity contribution in [3.05, 3.63) is 59.1 Å². The molecule has 1 aliphatic heterocycles. The molecule has 41 heavy (non-hydrogen) atoms. The van der Waals surface area contributed by atoms with E-state index in [1.807, 2.05) is 0 Å². The Hall–Kier alpha value is -3.71. The van der Waals surface area contributed by atoms with E-state index in [9.17, 15) is 22.4 Å². The van der Waals surface area contributed by atoms with Gasteiger partial charge in [-0.25, -0.2) is 14.2 Å². The summed E-state index contributed by atoms with van der Waals surface area (Å²) in [6.07, 6.45) is -1.38. The molecule has 3 heterocycles. The van der Waals surface area contributed by atoms with Gasteiger partial charge < -0.3 is 24.2 Å². The Morgan fingerprint density at radius 2 is 1.93 bits per heavy atom. The number of piperidine rings is 1. The number of ether oxygens (including phenoxy) is 2. The average molecular weight is 591 g/mol. The topological polar surface area (TPSA) is 89.7 Å². The molecule has 0 amide bonds. The van der Waals surface area contributed by atoms with Gasteiger partial charge in [-0.05, 0) is 49.9 Å². The van der Waals surface area contributed by atoms with Crippen molar-refractivity contribution in [2.24, 2.45) is 0 Å². The first-order valence-corrected chi connectivity index (χ1v) is 14.0. The van der Waals surface area contributed by atoms with E-state index >= 15 is 0 Å². The molecule has 2 aliphatic rings. The molecule has 6 rings (SSSR count). The first-order chi connectivity index (χ1) is 19.7. The van der Waals surface area contributed by atoms with Crippen molar-refractivity contribution in [1.82, 2.24) is 15.5 Å². The van der Waals surface area contributed by atoms with E-state index in [0.717, 1.165) is 37.3 Å². The molecule has 1 aliphatic carbocycles. The highest BCUT2D eigenvalue weighted by Gasteiger charge is 2.36. The van der Waals surface area contributed by atoms with Gasteiger partial charge in [0.2, 0.25) is 0 Å². The number of anilines is 1. The van der Waals surface area contributed by atoms with E-state index < -0.39 is 18.1 Å². The third-order valence-electron chi connectivity index (χ3n) is 7.33. The van der Waals surface area contributed by atoms with Crippen LogP contribution in [0.5, 0.6) is 5.75 Å². The molecule has 0 bridgehead atoms. The number of esters is 1. The van der Waals surface area contributed by atoms with Gasteiger partial charge in [0, 0.05) is 42.7 Å². The molecule has 1 saturated heterocycles. The summed E-state index contributed by atoms with van der Waals surface area (Å²) < 4.78 is 68.9. The van der Waals surface area contributed by atoms with E-state index in [0.29, 0.717) is 40.9 Å². The minimum Gasteiger partial charge on any atom is -0.465 e. The number of alkyl halides is 3. The molecule has 2 fully saturated rings. The van der Waals surface area contributed by atoms with Crippen LogP contribution in [0.25, 0.3) is 21.5 Å². The molecule has 0 radical (unpaired) electrons. The monoisotopic (exact) mass is 590 g/mol. The number of thiazole rings is 1. The SMILES string of the molecule is COC(=O)c1cc(F)c2nc(N3CCC(NCc4c(-c5ccccc5OC(F)(F)F)noc4C4CC4)CC3)sc2c1. The summed E-state index contributed by atoms with van der Waals surface area (Å²) in [6.45, 7) is 1.74. The lowest BCUT2D eigenvalue weighted by molar-refractivity contribution is -0.274. The zero-order valence-corrected chi connectivity index (χ0v) is 22.8. The van der Waals surface area contributed by atoms with Gasteiger partial charge >= 0.3 is 12.3 Å². The first kappa shape index (κ1) is 27.5. The molecule has 216 valence electrons. The van der Waals surface area contributed by atoms with E-state index in [1.165, 1.54) is 30.6 Å². The zero-order valence-electron chi connectivity index (χ0n) is 22.0. The van der Waals surface area contributed by atoms with Crippen LogP contribution in [0.15, 0.2) is 40.9 Å². The van der Waals surface area contributed by atoms with E-state index in [-0.39, 0.29) is 34.4 Å². The van der Waals surface area contributed by atoms with Gasteiger partial charge in [-0.2, -0.15) is 0 Å². The number of halogens is 4. The van der Waals surface area contributed by atoms with Gasteiger partial charge in [0.25, 0.3) is 0 Å². The average Bonchev–Trinajstić information content (AvgIpc) is 3.55. The minimum absolute atomic E-state index is 0.139. The fourth-order valence-corrected chi connectivity index (χ4v) is 6.19. The van der Waals surface area contributed by atoms with Crippen LogP contribution >= 0.6 is 11.3 Å². The van der Waals surface area contributed by atoms with Crippen LogP contribution in [-0.4, -0.2) is 48.7 Å². The highest BCUT2D eigenvalue weighted by Crippen LogP contribution is 2.45. The van der Waals surface area contributed by atoms with Crippen LogP contribution in [0.4, 0.5) is 22.7 Å². The van der Waals surface area contributed by atoms with Crippen molar-refractivity contribution in [3.8, 4) is 17.0 Å². The van der Waals surface area contributed by atoms with Gasteiger partial charge in [0.15, 0.2) is 10.9 Å². The summed E-state index contributed by atoms with van der Waals surface area (Å²) in [5.41, 5.74) is 1.68. The summed E-state index contributed by atoms with van der Waals surface area (Å²) in [7, 11) is 1.25. The highest BCUT2D eigenvalue weighted by molar-refractivity contribution is 7.22. The molecular weight excluding hydrogens is 564 g/mol. The number of methoxy groups -OCH3 is 1. The third-order valence-corrected chi connectivity index (χ3v) is 8.39. The zero-order chi connectivity index (χ0) is 28.7. The second-order valence-electron chi connectivity index (χ2n) is 10.1. The number of nitrogens with one attached hydrogen (secondary N) is 1. The van der Waals surface area contributed by atoms with E-state index in [4.69, 9.17) is 9.26 Å². The predicted molar refractivity (Wildman–Crippen MR) is 144 cm³/mol. The maximum atomic E-state index is 14.6. The lowest BCUT2D eigenvalue weighted by atomic mass is 10.0. The number of hydrogen-bond donors (Lipinski definition) is 1. The first-order valence-electron chi connectivity index (χ1n) is 13.2. The van der Waals surface area contributed by atoms with Crippen LogP contribution < -0.4 is 15.0 Å². The standard InChI is InChI=1S/C28H26F4N4O4S/c1-38-26(37)16-12-20(29)24-22(13-16)41-27(34-24)36-10-8-17(9-11-36)33-14-19-23(35-40-25(19)15-6-7-15)18-4-2-3-5-21(18)39-28(30,31)32/h2-5,12-13,15,17,33H,6-11,14H2,1H3. The van der Waals surface area contributed by atoms with Gasteiger partial charge in [-0.1, -0.05) is 28.6 Å². The van der Waals surface area contributed by atoms with Crippen LogP contribution in [0.3, 0.4) is 0 Å². The fraction of sp³-hybridized carbons (Fsp3) is 0.393. The van der Waals surface area contributed by atoms with Crippen molar-refractivity contribution < 1.29 is 36.4 Å². The molecule has 1 N–H and O–H groups in total. The Labute approximate surface area is 236 Å². The number of hydrogen-bond acceptors (Lipinski definition) is 9. The Kier molecular flexibility index (Phi) is 7.32. The van der Waals surface area contributed by atoms with Crippen LogP contribution in [0, 0.1) is 5.82 Å². The Bertz CT molecular complexity index is 1580. The number of rotatable bonds is 8. The second kappa shape index (κ2) is 10.9. The summed E-state index contributed by atoms with van der Waals surface area (Å²) in [6, 6.07) is 8.80. The molecule has 0 spiro atoms. The number of aromatic nitrogens is 2. The van der Waals surface area contributed by atoms with Gasteiger partial charge in [-0.15, -0.1) is 13.2 Å². The molecule has 2 aromatic carbocycles. The summed E-state index contributed by atoms with van der Waals surface area (Å²) in [4.78, 5) is 18.4. The number of carbonyl (C=O) groups is 1. The largest absolute Gasteiger partial charge is 0.573 e. The van der Waals surface area contributed by atoms with Crippen molar-refractivity contribution in [2.75, 3.05) is 25.1 Å². The predicted octanol–water partition coefficient (Wildman–Crippen LogP) is 6.41. The number of para-hydroxylation sites is 1. The number of benzene rings is 2. The van der Waals surface area contributed by atoms with Gasteiger partial charge in [0.1, 0.15) is 22.7 Å². The fourth-order valence-electron chi connectivity index (χ4n) is 5.12. The van der Waals surface area contributed by atoms with E-state index in [1.54, 1.807) is 18.2 Å². The van der Waals surface area contributed by atoms with Crippen molar-refractivity contribution >= 4 is 32.7 Å².